The zero-order valence-electron chi connectivity index (χ0n) is 19.8. The van der Waals surface area contributed by atoms with Gasteiger partial charge in [0.2, 0.25) is 5.91 Å². The van der Waals surface area contributed by atoms with E-state index >= 15 is 0 Å². The van der Waals surface area contributed by atoms with Gasteiger partial charge in [0.1, 0.15) is 11.5 Å². The van der Waals surface area contributed by atoms with Crippen LogP contribution in [-0.4, -0.2) is 41.8 Å². The maximum absolute atomic E-state index is 12.2. The van der Waals surface area contributed by atoms with Crippen molar-refractivity contribution >= 4 is 28.9 Å². The fourth-order valence-corrected chi connectivity index (χ4v) is 4.62. The van der Waals surface area contributed by atoms with Crippen LogP contribution >= 0.6 is 11.3 Å². The molecule has 0 aliphatic carbocycles. The van der Waals surface area contributed by atoms with Gasteiger partial charge in [0.05, 0.1) is 12.7 Å². The van der Waals surface area contributed by atoms with Crippen LogP contribution < -0.4 is 4.90 Å². The van der Waals surface area contributed by atoms with E-state index in [0.717, 1.165) is 67.5 Å². The molecule has 1 aromatic heterocycles. The number of esters is 1. The standard InChI is InChI=1S/C26H37NO5S/c1-3-4-6-10-24(30)21-11-13-22(14-12-21)27(20(2)29)17-8-5-7-9-23-15-16-25(33-23)26(31)32-19-18-28/h11-16,24,28,30H,3-10,17-19H2,1-2H3. The van der Waals surface area contributed by atoms with Gasteiger partial charge in [-0.05, 0) is 55.5 Å². The van der Waals surface area contributed by atoms with Crippen molar-refractivity contribution in [1.82, 2.24) is 0 Å². The Labute approximate surface area is 201 Å². The number of amides is 1. The van der Waals surface area contributed by atoms with Crippen LogP contribution in [0.25, 0.3) is 0 Å². The summed E-state index contributed by atoms with van der Waals surface area (Å²) in [4.78, 5) is 27.5. The van der Waals surface area contributed by atoms with Crippen molar-refractivity contribution < 1.29 is 24.5 Å². The van der Waals surface area contributed by atoms with Gasteiger partial charge < -0.3 is 19.8 Å². The number of rotatable bonds is 15. The summed E-state index contributed by atoms with van der Waals surface area (Å²) >= 11 is 1.43. The zero-order valence-corrected chi connectivity index (χ0v) is 20.6. The SMILES string of the molecule is CCCCCC(O)c1ccc(N(CCCCCc2ccc(C(=O)OCCO)s2)C(C)=O)cc1. The van der Waals surface area contributed by atoms with E-state index in [4.69, 9.17) is 9.84 Å². The predicted molar refractivity (Wildman–Crippen MR) is 133 cm³/mol. The van der Waals surface area contributed by atoms with Gasteiger partial charge in [-0.3, -0.25) is 4.79 Å². The summed E-state index contributed by atoms with van der Waals surface area (Å²) in [5, 5.41) is 19.1. The fraction of sp³-hybridized carbons (Fsp3) is 0.538. The first-order valence-corrected chi connectivity index (χ1v) is 12.7. The Morgan fingerprint density at radius 3 is 2.45 bits per heavy atom. The molecule has 0 fully saturated rings. The first-order chi connectivity index (χ1) is 16.0. The number of aryl methyl sites for hydroxylation is 1. The minimum atomic E-state index is -0.453. The number of hydrogen-bond acceptors (Lipinski definition) is 6. The van der Waals surface area contributed by atoms with Gasteiger partial charge in [-0.25, -0.2) is 4.79 Å². The minimum Gasteiger partial charge on any atom is -0.459 e. The van der Waals surface area contributed by atoms with Crippen LogP contribution in [0.4, 0.5) is 5.69 Å². The molecule has 1 heterocycles. The second-order valence-corrected chi connectivity index (χ2v) is 9.38. The lowest BCUT2D eigenvalue weighted by Crippen LogP contribution is -2.29. The molecule has 1 amide bonds. The van der Waals surface area contributed by atoms with Crippen LogP contribution in [0.1, 0.15) is 85.0 Å². The highest BCUT2D eigenvalue weighted by atomic mass is 32.1. The summed E-state index contributed by atoms with van der Waals surface area (Å²) in [6.07, 6.45) is 7.29. The molecule has 7 heteroatoms. The Morgan fingerprint density at radius 2 is 1.79 bits per heavy atom. The summed E-state index contributed by atoms with van der Waals surface area (Å²) in [5.74, 6) is -0.382. The number of unbranched alkanes of at least 4 members (excludes halogenated alkanes) is 4. The average Bonchev–Trinajstić information content (AvgIpc) is 3.29. The second-order valence-electron chi connectivity index (χ2n) is 8.21. The molecule has 2 aromatic rings. The van der Waals surface area contributed by atoms with Crippen LogP contribution in [-0.2, 0) is 16.0 Å². The number of hydrogen-bond donors (Lipinski definition) is 2. The summed E-state index contributed by atoms with van der Waals surface area (Å²) in [5.41, 5.74) is 1.75. The minimum absolute atomic E-state index is 0.00975. The van der Waals surface area contributed by atoms with Gasteiger partial charge in [0.25, 0.3) is 0 Å². The van der Waals surface area contributed by atoms with Crippen molar-refractivity contribution in [2.45, 2.75) is 71.3 Å². The Bertz CT molecular complexity index is 849. The molecule has 1 unspecified atom stereocenters. The second kappa shape index (κ2) is 14.8. The molecular formula is C26H37NO5S. The number of carbonyl (C=O) groups excluding carboxylic acids is 2. The number of thiophene rings is 1. The first kappa shape index (κ1) is 27.0. The highest BCUT2D eigenvalue weighted by Crippen LogP contribution is 2.24. The number of benzene rings is 1. The molecule has 0 aliphatic heterocycles. The smallest absolute Gasteiger partial charge is 0.348 e. The van der Waals surface area contributed by atoms with Crippen molar-refractivity contribution in [3.8, 4) is 0 Å². The van der Waals surface area contributed by atoms with Gasteiger partial charge in [0, 0.05) is 24.0 Å². The van der Waals surface area contributed by atoms with Crippen LogP contribution in [0.5, 0.6) is 0 Å². The predicted octanol–water partition coefficient (Wildman–Crippen LogP) is 5.28. The molecule has 1 aromatic carbocycles. The monoisotopic (exact) mass is 475 g/mol. The van der Waals surface area contributed by atoms with Gasteiger partial charge in [-0.2, -0.15) is 0 Å². The first-order valence-electron chi connectivity index (χ1n) is 11.9. The van der Waals surface area contributed by atoms with Crippen molar-refractivity contribution in [2.24, 2.45) is 0 Å². The molecule has 0 saturated carbocycles. The maximum Gasteiger partial charge on any atom is 0.348 e. The van der Waals surface area contributed by atoms with Gasteiger partial charge in [-0.15, -0.1) is 11.3 Å². The summed E-state index contributed by atoms with van der Waals surface area (Å²) in [6, 6.07) is 11.4. The lowest BCUT2D eigenvalue weighted by molar-refractivity contribution is -0.116. The number of ether oxygens (including phenoxy) is 1. The van der Waals surface area contributed by atoms with E-state index in [1.807, 2.05) is 30.3 Å². The Hall–Kier alpha value is -2.22. The number of nitrogens with zero attached hydrogens (tertiary/aromatic N) is 1. The third-order valence-corrected chi connectivity index (χ3v) is 6.67. The molecule has 1 atom stereocenters. The Morgan fingerprint density at radius 1 is 1.03 bits per heavy atom. The molecule has 2 N–H and O–H groups in total. The Kier molecular flexibility index (Phi) is 12.1. The van der Waals surface area contributed by atoms with Crippen molar-refractivity contribution in [1.29, 1.82) is 0 Å². The topological polar surface area (TPSA) is 87.1 Å². The number of aliphatic hydroxyl groups is 2. The number of aliphatic hydroxyl groups excluding tert-OH is 2. The quantitative estimate of drug-likeness (QED) is 0.270. The molecule has 33 heavy (non-hydrogen) atoms. The molecule has 182 valence electrons. The fourth-order valence-electron chi connectivity index (χ4n) is 3.68. The van der Waals surface area contributed by atoms with Crippen LogP contribution in [0, 0.1) is 0 Å². The molecule has 0 aliphatic rings. The highest BCUT2D eigenvalue weighted by molar-refractivity contribution is 7.13. The third kappa shape index (κ3) is 9.27. The van der Waals surface area contributed by atoms with E-state index in [2.05, 4.69) is 6.92 Å². The average molecular weight is 476 g/mol. The number of carbonyl (C=O) groups is 2. The van der Waals surface area contributed by atoms with Crippen molar-refractivity contribution in [3.05, 3.63) is 51.7 Å². The van der Waals surface area contributed by atoms with Crippen LogP contribution in [0.3, 0.4) is 0 Å². The van der Waals surface area contributed by atoms with E-state index in [1.54, 1.807) is 17.9 Å². The van der Waals surface area contributed by atoms with E-state index in [0.29, 0.717) is 11.4 Å². The van der Waals surface area contributed by atoms with Crippen molar-refractivity contribution in [2.75, 3.05) is 24.7 Å². The third-order valence-electron chi connectivity index (χ3n) is 5.54. The van der Waals surface area contributed by atoms with Gasteiger partial charge >= 0.3 is 5.97 Å². The highest BCUT2D eigenvalue weighted by Gasteiger charge is 2.14. The van der Waals surface area contributed by atoms with E-state index in [1.165, 1.54) is 11.3 Å². The van der Waals surface area contributed by atoms with Crippen LogP contribution in [0.2, 0.25) is 0 Å². The van der Waals surface area contributed by atoms with E-state index in [9.17, 15) is 14.7 Å². The normalized spacial score (nSPS) is 11.9. The summed E-state index contributed by atoms with van der Waals surface area (Å²) in [7, 11) is 0. The summed E-state index contributed by atoms with van der Waals surface area (Å²) in [6.45, 7) is 4.22. The molecule has 0 spiro atoms. The van der Waals surface area contributed by atoms with Crippen molar-refractivity contribution in [3.63, 3.8) is 0 Å². The lowest BCUT2D eigenvalue weighted by atomic mass is 10.0. The van der Waals surface area contributed by atoms with Gasteiger partial charge in [-0.1, -0.05) is 44.7 Å². The molecule has 2 rings (SSSR count). The van der Waals surface area contributed by atoms with E-state index < -0.39 is 12.1 Å². The zero-order chi connectivity index (χ0) is 24.1. The maximum atomic E-state index is 12.2. The lowest BCUT2D eigenvalue weighted by Gasteiger charge is -2.22. The van der Waals surface area contributed by atoms with Crippen LogP contribution in [0.15, 0.2) is 36.4 Å². The molecule has 0 saturated heterocycles. The molecule has 0 radical (unpaired) electrons. The largest absolute Gasteiger partial charge is 0.459 e. The van der Waals surface area contributed by atoms with Gasteiger partial charge in [0.15, 0.2) is 0 Å². The number of anilines is 1. The molecule has 0 bridgehead atoms. The summed E-state index contributed by atoms with van der Waals surface area (Å²) < 4.78 is 4.94. The molecular weight excluding hydrogens is 438 g/mol. The Balaban J connectivity index is 1.77. The molecule has 6 nitrogen and oxygen atoms in total. The van der Waals surface area contributed by atoms with E-state index in [-0.39, 0.29) is 19.1 Å².